The summed E-state index contributed by atoms with van der Waals surface area (Å²) >= 11 is 5.99. The van der Waals surface area contributed by atoms with Gasteiger partial charge in [0, 0.05) is 24.5 Å². The Kier molecular flexibility index (Phi) is 7.14. The van der Waals surface area contributed by atoms with Crippen LogP contribution in [-0.4, -0.2) is 31.6 Å². The zero-order chi connectivity index (χ0) is 18.2. The maximum Gasteiger partial charge on any atom is 0.223 e. The van der Waals surface area contributed by atoms with E-state index in [0.717, 1.165) is 11.1 Å². The van der Waals surface area contributed by atoms with Crippen molar-refractivity contribution in [3.8, 4) is 11.5 Å². The molecule has 2 aromatic rings. The Labute approximate surface area is 154 Å². The van der Waals surface area contributed by atoms with Crippen LogP contribution >= 0.6 is 11.6 Å². The summed E-state index contributed by atoms with van der Waals surface area (Å²) in [6.45, 7) is 3.19. The number of nitrogens with zero attached hydrogens (tertiary/aromatic N) is 1. The van der Waals surface area contributed by atoms with Crippen molar-refractivity contribution < 1.29 is 14.3 Å². The summed E-state index contributed by atoms with van der Waals surface area (Å²) in [5.74, 6) is 1.47. The van der Waals surface area contributed by atoms with E-state index in [0.29, 0.717) is 42.5 Å². The predicted octanol–water partition coefficient (Wildman–Crippen LogP) is 4.34. The van der Waals surface area contributed by atoms with E-state index in [1.165, 1.54) is 0 Å². The van der Waals surface area contributed by atoms with Crippen LogP contribution in [0.5, 0.6) is 11.5 Å². The first-order chi connectivity index (χ1) is 12.1. The first kappa shape index (κ1) is 19.1. The predicted molar refractivity (Wildman–Crippen MR) is 100 cm³/mol. The Bertz CT molecular complexity index is 718. The van der Waals surface area contributed by atoms with E-state index < -0.39 is 0 Å². The second-order valence-electron chi connectivity index (χ2n) is 5.73. The number of halogens is 1. The van der Waals surface area contributed by atoms with Crippen LogP contribution < -0.4 is 9.47 Å². The van der Waals surface area contributed by atoms with Crippen molar-refractivity contribution in [2.24, 2.45) is 0 Å². The topological polar surface area (TPSA) is 38.8 Å². The third-order valence-corrected chi connectivity index (χ3v) is 4.31. The number of ether oxygens (including phenoxy) is 2. The highest BCUT2D eigenvalue weighted by Crippen LogP contribution is 2.28. The van der Waals surface area contributed by atoms with Gasteiger partial charge >= 0.3 is 0 Å². The molecule has 0 aliphatic carbocycles. The molecule has 0 atom stereocenters. The largest absolute Gasteiger partial charge is 0.493 e. The minimum atomic E-state index is 0.122. The Hall–Kier alpha value is -2.20. The van der Waals surface area contributed by atoms with E-state index in [1.807, 2.05) is 54.3 Å². The molecule has 0 saturated carbocycles. The normalized spacial score (nSPS) is 10.4. The van der Waals surface area contributed by atoms with E-state index >= 15 is 0 Å². The van der Waals surface area contributed by atoms with Crippen LogP contribution in [0.25, 0.3) is 0 Å². The third kappa shape index (κ3) is 5.40. The van der Waals surface area contributed by atoms with E-state index in [2.05, 4.69) is 0 Å². The van der Waals surface area contributed by atoms with Crippen molar-refractivity contribution in [1.29, 1.82) is 0 Å². The van der Waals surface area contributed by atoms with Crippen molar-refractivity contribution in [3.63, 3.8) is 0 Å². The highest BCUT2D eigenvalue weighted by Gasteiger charge is 2.14. The number of benzene rings is 2. The van der Waals surface area contributed by atoms with Gasteiger partial charge in [-0.2, -0.15) is 0 Å². The Morgan fingerprint density at radius 3 is 2.44 bits per heavy atom. The van der Waals surface area contributed by atoms with Gasteiger partial charge in [0.25, 0.3) is 0 Å². The number of hydrogen-bond acceptors (Lipinski definition) is 3. The quantitative estimate of drug-likeness (QED) is 0.702. The van der Waals surface area contributed by atoms with Gasteiger partial charge in [-0.3, -0.25) is 4.79 Å². The summed E-state index contributed by atoms with van der Waals surface area (Å²) in [6, 6.07) is 13.4. The first-order valence-electron chi connectivity index (χ1n) is 8.30. The standard InChI is InChI=1S/C20H24ClNO3/c1-4-22(14-16-8-10-18(24-2)19(13-16)25-3)20(23)11-9-15-6-5-7-17(21)12-15/h5-8,10,12-13H,4,9,11,14H2,1-3H3. The zero-order valence-electron chi connectivity index (χ0n) is 14.9. The van der Waals surface area contributed by atoms with Crippen LogP contribution in [0.15, 0.2) is 42.5 Å². The molecule has 0 bridgehead atoms. The molecule has 2 rings (SSSR count). The molecule has 0 aliphatic heterocycles. The number of carbonyl (C=O) groups excluding carboxylic acids is 1. The number of amides is 1. The summed E-state index contributed by atoms with van der Waals surface area (Å²) in [6.07, 6.45) is 1.14. The Balaban J connectivity index is 2.00. The molecule has 0 N–H and O–H groups in total. The summed E-state index contributed by atoms with van der Waals surface area (Å²) in [4.78, 5) is 14.4. The number of hydrogen-bond donors (Lipinski definition) is 0. The molecule has 2 aromatic carbocycles. The lowest BCUT2D eigenvalue weighted by atomic mass is 10.1. The summed E-state index contributed by atoms with van der Waals surface area (Å²) in [7, 11) is 3.21. The molecule has 0 spiro atoms. The molecule has 1 amide bonds. The van der Waals surface area contributed by atoms with E-state index in [-0.39, 0.29) is 5.91 Å². The van der Waals surface area contributed by atoms with Gasteiger partial charge < -0.3 is 14.4 Å². The van der Waals surface area contributed by atoms with Crippen LogP contribution in [0.1, 0.15) is 24.5 Å². The summed E-state index contributed by atoms with van der Waals surface area (Å²) < 4.78 is 10.6. The van der Waals surface area contributed by atoms with E-state index in [4.69, 9.17) is 21.1 Å². The smallest absolute Gasteiger partial charge is 0.223 e. The highest BCUT2D eigenvalue weighted by atomic mass is 35.5. The lowest BCUT2D eigenvalue weighted by Crippen LogP contribution is -2.30. The molecule has 134 valence electrons. The molecule has 0 aliphatic rings. The molecule has 0 aromatic heterocycles. The van der Waals surface area contributed by atoms with Crippen molar-refractivity contribution >= 4 is 17.5 Å². The fourth-order valence-electron chi connectivity index (χ4n) is 2.68. The lowest BCUT2D eigenvalue weighted by Gasteiger charge is -2.21. The lowest BCUT2D eigenvalue weighted by molar-refractivity contribution is -0.131. The molecule has 5 heteroatoms. The van der Waals surface area contributed by atoms with Crippen LogP contribution in [0, 0.1) is 0 Å². The van der Waals surface area contributed by atoms with Crippen LogP contribution in [-0.2, 0) is 17.8 Å². The molecule has 25 heavy (non-hydrogen) atoms. The summed E-state index contributed by atoms with van der Waals surface area (Å²) in [5, 5.41) is 0.697. The van der Waals surface area contributed by atoms with Crippen LogP contribution in [0.2, 0.25) is 5.02 Å². The number of methoxy groups -OCH3 is 2. The molecule has 0 radical (unpaired) electrons. The second-order valence-corrected chi connectivity index (χ2v) is 6.16. The molecule has 0 fully saturated rings. The van der Waals surface area contributed by atoms with Crippen LogP contribution in [0.3, 0.4) is 0 Å². The molecule has 0 heterocycles. The Morgan fingerprint density at radius 1 is 1.04 bits per heavy atom. The maximum atomic E-state index is 12.6. The van der Waals surface area contributed by atoms with Crippen molar-refractivity contribution in [2.45, 2.75) is 26.3 Å². The van der Waals surface area contributed by atoms with Crippen molar-refractivity contribution in [2.75, 3.05) is 20.8 Å². The fraction of sp³-hybridized carbons (Fsp3) is 0.350. The molecule has 0 saturated heterocycles. The van der Waals surface area contributed by atoms with E-state index in [9.17, 15) is 4.79 Å². The average molecular weight is 362 g/mol. The fourth-order valence-corrected chi connectivity index (χ4v) is 2.89. The monoisotopic (exact) mass is 361 g/mol. The van der Waals surface area contributed by atoms with Gasteiger partial charge in [0.05, 0.1) is 14.2 Å². The first-order valence-corrected chi connectivity index (χ1v) is 8.68. The number of aryl methyl sites for hydroxylation is 1. The molecular weight excluding hydrogens is 338 g/mol. The van der Waals surface area contributed by atoms with Gasteiger partial charge in [-0.25, -0.2) is 0 Å². The maximum absolute atomic E-state index is 12.6. The molecule has 4 nitrogen and oxygen atoms in total. The zero-order valence-corrected chi connectivity index (χ0v) is 15.7. The number of rotatable bonds is 8. The second kappa shape index (κ2) is 9.33. The average Bonchev–Trinajstić information content (AvgIpc) is 2.64. The van der Waals surface area contributed by atoms with Crippen molar-refractivity contribution in [3.05, 3.63) is 58.6 Å². The molecular formula is C20H24ClNO3. The van der Waals surface area contributed by atoms with E-state index in [1.54, 1.807) is 14.2 Å². The van der Waals surface area contributed by atoms with Gasteiger partial charge in [0.1, 0.15) is 0 Å². The van der Waals surface area contributed by atoms with Crippen molar-refractivity contribution in [1.82, 2.24) is 4.90 Å². The minimum absolute atomic E-state index is 0.122. The SMILES string of the molecule is CCN(Cc1ccc(OC)c(OC)c1)C(=O)CCc1cccc(Cl)c1. The third-order valence-electron chi connectivity index (χ3n) is 4.07. The van der Waals surface area contributed by atoms with Gasteiger partial charge in [-0.1, -0.05) is 29.8 Å². The molecule has 0 unspecified atom stereocenters. The van der Waals surface area contributed by atoms with Gasteiger partial charge in [-0.05, 0) is 48.7 Å². The Morgan fingerprint density at radius 2 is 1.80 bits per heavy atom. The number of carbonyl (C=O) groups is 1. The van der Waals surface area contributed by atoms with Gasteiger partial charge in [0.15, 0.2) is 11.5 Å². The minimum Gasteiger partial charge on any atom is -0.493 e. The highest BCUT2D eigenvalue weighted by molar-refractivity contribution is 6.30. The van der Waals surface area contributed by atoms with Crippen LogP contribution in [0.4, 0.5) is 0 Å². The van der Waals surface area contributed by atoms with Gasteiger partial charge in [0.2, 0.25) is 5.91 Å². The summed E-state index contributed by atoms with van der Waals surface area (Å²) in [5.41, 5.74) is 2.08. The van der Waals surface area contributed by atoms with Gasteiger partial charge in [-0.15, -0.1) is 0 Å².